The first kappa shape index (κ1) is 32.2. The third-order valence-electron chi connectivity index (χ3n) is 4.87. The van der Waals surface area contributed by atoms with Gasteiger partial charge in [-0.15, -0.1) is 0 Å². The predicted molar refractivity (Wildman–Crippen MR) is 117 cm³/mol. The summed E-state index contributed by atoms with van der Waals surface area (Å²) in [5, 5.41) is 2.28. The van der Waals surface area contributed by atoms with E-state index < -0.39 is 90.7 Å². The summed E-state index contributed by atoms with van der Waals surface area (Å²) in [7, 11) is 0.811. The first-order valence-electron chi connectivity index (χ1n) is 11.1. The summed E-state index contributed by atoms with van der Waals surface area (Å²) >= 11 is 0. The van der Waals surface area contributed by atoms with Crippen molar-refractivity contribution in [3.8, 4) is 0 Å². The van der Waals surface area contributed by atoms with Crippen LogP contribution in [0.2, 0.25) is 0 Å². The number of alkyl halides is 1. The van der Waals surface area contributed by atoms with Gasteiger partial charge in [-0.2, -0.15) is 0 Å². The summed E-state index contributed by atoms with van der Waals surface area (Å²) in [4.78, 5) is 84.0. The van der Waals surface area contributed by atoms with E-state index in [0.717, 1.165) is 48.7 Å². The normalized spacial score (nSPS) is 26.0. The fourth-order valence-corrected chi connectivity index (χ4v) is 3.71. The number of carbonyl (C=O) groups is 7. The van der Waals surface area contributed by atoms with Crippen molar-refractivity contribution in [1.82, 2.24) is 5.32 Å². The molecule has 0 aromatic carbocycles. The first-order chi connectivity index (χ1) is 17.5. The highest BCUT2D eigenvalue weighted by atomic mass is 19.1. The molecular weight excluding hydrogens is 521 g/mol. The molecule has 0 unspecified atom stereocenters. The number of carbonyl (C=O) groups excluding carboxylic acids is 7. The molecule has 0 saturated carbocycles. The van der Waals surface area contributed by atoms with Crippen molar-refractivity contribution in [2.45, 2.75) is 84.0 Å². The lowest BCUT2D eigenvalue weighted by Gasteiger charge is -2.49. The zero-order valence-corrected chi connectivity index (χ0v) is 21.8. The average molecular weight is 551 g/mol. The van der Waals surface area contributed by atoms with Crippen molar-refractivity contribution in [3.63, 3.8) is 0 Å². The molecule has 1 N–H and O–H groups in total. The maximum Gasteiger partial charge on any atom is 0.383 e. The first-order valence-corrected chi connectivity index (χ1v) is 11.1. The number of halogens is 1. The van der Waals surface area contributed by atoms with E-state index in [9.17, 15) is 33.6 Å². The Morgan fingerprint density at radius 1 is 0.868 bits per heavy atom. The van der Waals surface area contributed by atoms with E-state index in [1.54, 1.807) is 0 Å². The number of ether oxygens (including phenoxy) is 7. The Kier molecular flexibility index (Phi) is 11.6. The van der Waals surface area contributed by atoms with Crippen LogP contribution in [-0.2, 0) is 66.7 Å². The highest BCUT2D eigenvalue weighted by molar-refractivity contribution is 5.83. The summed E-state index contributed by atoms with van der Waals surface area (Å²) in [6, 6.07) is -1.75. The van der Waals surface area contributed by atoms with Gasteiger partial charge in [0.1, 0.15) is 12.7 Å². The largest absolute Gasteiger partial charge is 0.464 e. The third-order valence-corrected chi connectivity index (χ3v) is 4.87. The molecule has 1 rings (SSSR count). The SMILES string of the molecule is COC(=O)[C@]1(OC(C)=O)O[C@@H]([C@H](OC(C)=O)[C@@H](COC(C)=O)OC(C)=O)[C@H](NC(C)=O)[C@@H](OC(C)=O)[C@H]1F. The van der Waals surface area contributed by atoms with Crippen LogP contribution >= 0.6 is 0 Å². The Labute approximate surface area is 216 Å². The van der Waals surface area contributed by atoms with Gasteiger partial charge in [-0.1, -0.05) is 0 Å². The molecule has 1 heterocycles. The van der Waals surface area contributed by atoms with E-state index in [1.807, 2.05) is 0 Å². The Morgan fingerprint density at radius 3 is 1.87 bits per heavy atom. The molecule has 0 aromatic heterocycles. The van der Waals surface area contributed by atoms with Gasteiger partial charge in [0.2, 0.25) is 12.1 Å². The Balaban J connectivity index is 3.93. The van der Waals surface area contributed by atoms with Crippen molar-refractivity contribution in [3.05, 3.63) is 0 Å². The molecule has 1 amide bonds. The molecule has 1 aliphatic rings. The van der Waals surface area contributed by atoms with Crippen molar-refractivity contribution in [2.75, 3.05) is 13.7 Å². The van der Waals surface area contributed by atoms with Crippen LogP contribution in [0.1, 0.15) is 41.5 Å². The van der Waals surface area contributed by atoms with E-state index in [4.69, 9.17) is 28.4 Å². The van der Waals surface area contributed by atoms with Crippen LogP contribution in [0.4, 0.5) is 4.39 Å². The quantitative estimate of drug-likeness (QED) is 0.257. The van der Waals surface area contributed by atoms with Crippen LogP contribution in [0.5, 0.6) is 0 Å². The summed E-state index contributed by atoms with van der Waals surface area (Å²) < 4.78 is 51.4. The van der Waals surface area contributed by atoms with Crippen molar-refractivity contribution >= 4 is 41.7 Å². The van der Waals surface area contributed by atoms with Crippen LogP contribution < -0.4 is 5.32 Å². The van der Waals surface area contributed by atoms with Crippen LogP contribution in [-0.4, -0.2) is 97.9 Å². The van der Waals surface area contributed by atoms with Crippen molar-refractivity contribution in [1.29, 1.82) is 0 Å². The fourth-order valence-electron chi connectivity index (χ4n) is 3.71. The van der Waals surface area contributed by atoms with E-state index in [1.165, 1.54) is 0 Å². The van der Waals surface area contributed by atoms with Crippen LogP contribution in [0.3, 0.4) is 0 Å². The minimum atomic E-state index is -3.25. The molecule has 15 nitrogen and oxygen atoms in total. The van der Waals surface area contributed by atoms with Gasteiger partial charge in [0.15, 0.2) is 18.3 Å². The van der Waals surface area contributed by atoms with Gasteiger partial charge < -0.3 is 38.5 Å². The maximum absolute atomic E-state index is 16.0. The van der Waals surface area contributed by atoms with E-state index in [0.29, 0.717) is 0 Å². The monoisotopic (exact) mass is 551 g/mol. The fraction of sp³-hybridized carbons (Fsp3) is 0.682. The van der Waals surface area contributed by atoms with Gasteiger partial charge in [-0.05, 0) is 0 Å². The lowest BCUT2D eigenvalue weighted by Crippen LogP contribution is -2.74. The minimum Gasteiger partial charge on any atom is -0.464 e. The number of amides is 1. The molecule has 16 heteroatoms. The number of methoxy groups -OCH3 is 1. The molecule has 214 valence electrons. The van der Waals surface area contributed by atoms with Crippen LogP contribution in [0.15, 0.2) is 0 Å². The highest BCUT2D eigenvalue weighted by Crippen LogP contribution is 2.39. The molecule has 0 bridgehead atoms. The van der Waals surface area contributed by atoms with Gasteiger partial charge in [-0.25, -0.2) is 9.18 Å². The molecule has 0 aromatic rings. The number of hydrogen-bond acceptors (Lipinski definition) is 14. The van der Waals surface area contributed by atoms with E-state index >= 15 is 4.39 Å². The zero-order chi connectivity index (χ0) is 29.4. The average Bonchev–Trinajstić information content (AvgIpc) is 2.77. The summed E-state index contributed by atoms with van der Waals surface area (Å²) in [5.41, 5.74) is 0. The lowest BCUT2D eigenvalue weighted by molar-refractivity contribution is -0.326. The standard InChI is InChI=1S/C22H30FNO14/c1-9(25)24-16-18(17(35-12(4)28)15(34-11(3)27)8-33-10(2)26)38-22(21(31)32-7,37-14(6)30)20(23)19(16)36-13(5)29/h15-20H,8H2,1-7H3,(H,24,25)/t15-,16+,17-,18-,19-,20-,22-/m1/s1. The number of hydrogen-bond donors (Lipinski definition) is 1. The third kappa shape index (κ3) is 8.36. The van der Waals surface area contributed by atoms with Gasteiger partial charge in [-0.3, -0.25) is 28.8 Å². The smallest absolute Gasteiger partial charge is 0.383 e. The summed E-state index contributed by atoms with van der Waals surface area (Å²) in [5.74, 6) is -10.8. The molecule has 1 saturated heterocycles. The second-order valence-corrected chi connectivity index (χ2v) is 8.06. The second kappa shape index (κ2) is 13.6. The maximum atomic E-state index is 16.0. The molecule has 0 spiro atoms. The zero-order valence-electron chi connectivity index (χ0n) is 21.8. The highest BCUT2D eigenvalue weighted by Gasteiger charge is 2.67. The predicted octanol–water partition coefficient (Wildman–Crippen LogP) is -0.981. The molecule has 7 atom stereocenters. The topological polar surface area (TPSA) is 196 Å². The molecule has 1 fully saturated rings. The Bertz CT molecular complexity index is 954. The van der Waals surface area contributed by atoms with Gasteiger partial charge >= 0.3 is 41.6 Å². The summed E-state index contributed by atoms with van der Waals surface area (Å²) in [6.07, 6.45) is -10.4. The number of nitrogens with one attached hydrogen (secondary N) is 1. The Morgan fingerprint density at radius 2 is 1.45 bits per heavy atom. The lowest BCUT2D eigenvalue weighted by atomic mass is 9.86. The number of esters is 6. The molecule has 38 heavy (non-hydrogen) atoms. The van der Waals surface area contributed by atoms with Crippen molar-refractivity contribution < 1.29 is 71.1 Å². The number of rotatable bonds is 10. The summed E-state index contributed by atoms with van der Waals surface area (Å²) in [6.45, 7) is 4.89. The van der Waals surface area contributed by atoms with Gasteiger partial charge in [0.05, 0.1) is 13.2 Å². The van der Waals surface area contributed by atoms with Gasteiger partial charge in [0.25, 0.3) is 0 Å². The van der Waals surface area contributed by atoms with Gasteiger partial charge in [0, 0.05) is 41.5 Å². The van der Waals surface area contributed by atoms with Crippen LogP contribution in [0, 0.1) is 0 Å². The van der Waals surface area contributed by atoms with E-state index in [2.05, 4.69) is 10.1 Å². The molecule has 0 radical (unpaired) electrons. The molecule has 1 aliphatic heterocycles. The Hall–Kier alpha value is -3.82. The molecule has 0 aliphatic carbocycles. The minimum absolute atomic E-state index is 0.740. The molecular formula is C22H30FNO14. The van der Waals surface area contributed by atoms with Crippen molar-refractivity contribution in [2.24, 2.45) is 0 Å². The second-order valence-electron chi connectivity index (χ2n) is 8.06. The van der Waals surface area contributed by atoms with Crippen LogP contribution in [0.25, 0.3) is 0 Å². The van der Waals surface area contributed by atoms with E-state index in [-0.39, 0.29) is 0 Å².